The lowest BCUT2D eigenvalue weighted by molar-refractivity contribution is 0.0707. The van der Waals surface area contributed by atoms with E-state index >= 15 is 0 Å². The molecule has 35 heavy (non-hydrogen) atoms. The predicted octanol–water partition coefficient (Wildman–Crippen LogP) is 4.86. The van der Waals surface area contributed by atoms with E-state index in [-0.39, 0.29) is 5.91 Å². The van der Waals surface area contributed by atoms with Gasteiger partial charge in [-0.15, -0.1) is 23.1 Å². The van der Waals surface area contributed by atoms with Crippen molar-refractivity contribution in [3.05, 3.63) is 65.2 Å². The Hall–Kier alpha value is -2.78. The molecule has 2 aliphatic rings. The molecule has 0 unspecified atom stereocenters. The Morgan fingerprint density at radius 2 is 1.94 bits per heavy atom. The largest absolute Gasteiger partial charge is 0.332 e. The Labute approximate surface area is 213 Å². The van der Waals surface area contributed by atoms with Gasteiger partial charge in [-0.2, -0.15) is 0 Å². The minimum Gasteiger partial charge on any atom is -0.332 e. The molecule has 180 valence electrons. The second-order valence-corrected chi connectivity index (χ2v) is 11.5. The summed E-state index contributed by atoms with van der Waals surface area (Å²) in [6.45, 7) is 2.06. The Balaban J connectivity index is 1.09. The molecular formula is C26H28N6OS2. The molecule has 9 heteroatoms. The maximum atomic E-state index is 13.1. The molecular weight excluding hydrogens is 476 g/mol. The van der Waals surface area contributed by atoms with Crippen molar-refractivity contribution in [3.8, 4) is 0 Å². The highest BCUT2D eigenvalue weighted by Gasteiger charge is 2.27. The van der Waals surface area contributed by atoms with Crippen LogP contribution in [-0.4, -0.2) is 48.1 Å². The van der Waals surface area contributed by atoms with Crippen LogP contribution >= 0.6 is 23.1 Å². The second kappa shape index (κ2) is 9.70. The highest BCUT2D eigenvalue weighted by atomic mass is 32.2. The first-order chi connectivity index (χ1) is 17.1. The molecule has 1 fully saturated rings. The van der Waals surface area contributed by atoms with Gasteiger partial charge in [0, 0.05) is 61.2 Å². The second-order valence-electron chi connectivity index (χ2n) is 9.55. The van der Waals surface area contributed by atoms with Gasteiger partial charge in [-0.3, -0.25) is 4.79 Å². The van der Waals surface area contributed by atoms with Gasteiger partial charge in [0.15, 0.2) is 0 Å². The predicted molar refractivity (Wildman–Crippen MR) is 139 cm³/mol. The fraction of sp³-hybridized carbons (Fsp3) is 0.423. The van der Waals surface area contributed by atoms with Crippen molar-refractivity contribution in [3.63, 3.8) is 0 Å². The smallest absolute Gasteiger partial charge is 0.254 e. The third kappa shape index (κ3) is 4.84. The van der Waals surface area contributed by atoms with Crippen LogP contribution < -0.4 is 0 Å². The van der Waals surface area contributed by atoms with E-state index in [9.17, 15) is 4.79 Å². The molecule has 4 aromatic rings. The van der Waals surface area contributed by atoms with Crippen molar-refractivity contribution in [2.75, 3.05) is 12.8 Å². The van der Waals surface area contributed by atoms with Gasteiger partial charge in [0.1, 0.15) is 11.6 Å². The van der Waals surface area contributed by atoms with Crippen LogP contribution in [-0.2, 0) is 25.9 Å². The molecule has 1 aliphatic heterocycles. The summed E-state index contributed by atoms with van der Waals surface area (Å²) in [5.41, 5.74) is 1.65. The number of hydrogen-bond acceptors (Lipinski definition) is 7. The molecule has 2 atom stereocenters. The zero-order chi connectivity index (χ0) is 23.8. The highest BCUT2D eigenvalue weighted by molar-refractivity contribution is 7.98. The van der Waals surface area contributed by atoms with Gasteiger partial charge in [0.25, 0.3) is 5.91 Å². The lowest BCUT2D eigenvalue weighted by atomic mass is 9.99. The van der Waals surface area contributed by atoms with Crippen LogP contribution in [0.25, 0.3) is 10.2 Å². The number of amides is 1. The molecule has 0 saturated heterocycles. The van der Waals surface area contributed by atoms with Crippen molar-refractivity contribution in [1.82, 2.24) is 29.4 Å². The summed E-state index contributed by atoms with van der Waals surface area (Å²) < 4.78 is 3.27. The van der Waals surface area contributed by atoms with E-state index in [4.69, 9.17) is 4.98 Å². The van der Waals surface area contributed by atoms with Gasteiger partial charge in [-0.05, 0) is 55.6 Å². The summed E-state index contributed by atoms with van der Waals surface area (Å²) in [6, 6.07) is 5.97. The van der Waals surface area contributed by atoms with Crippen LogP contribution in [0.5, 0.6) is 0 Å². The van der Waals surface area contributed by atoms with E-state index in [0.717, 1.165) is 46.1 Å². The van der Waals surface area contributed by atoms with Crippen LogP contribution in [0.4, 0.5) is 0 Å². The minimum absolute atomic E-state index is 0.0575. The molecule has 1 saturated carbocycles. The minimum atomic E-state index is 0.0575. The molecule has 1 amide bonds. The topological polar surface area (TPSA) is 76.8 Å². The van der Waals surface area contributed by atoms with Gasteiger partial charge >= 0.3 is 0 Å². The Bertz CT molecular complexity index is 1350. The number of carbonyl (C=O) groups excluding carboxylic acids is 1. The number of benzene rings is 1. The monoisotopic (exact) mass is 504 g/mol. The molecule has 3 aromatic heterocycles. The number of thioether (sulfide) groups is 1. The van der Waals surface area contributed by atoms with Gasteiger partial charge in [0.2, 0.25) is 0 Å². The van der Waals surface area contributed by atoms with Crippen molar-refractivity contribution in [2.24, 2.45) is 11.8 Å². The van der Waals surface area contributed by atoms with Crippen LogP contribution in [0.2, 0.25) is 0 Å². The van der Waals surface area contributed by atoms with E-state index in [0.29, 0.717) is 30.5 Å². The molecule has 1 aromatic carbocycles. The van der Waals surface area contributed by atoms with E-state index < -0.39 is 0 Å². The summed E-state index contributed by atoms with van der Waals surface area (Å²) in [4.78, 5) is 34.5. The molecule has 0 N–H and O–H groups in total. The first-order valence-corrected chi connectivity index (χ1v) is 14.2. The fourth-order valence-electron chi connectivity index (χ4n) is 5.33. The SMILES string of the molecule is CSc1cnc(C[C@H]2CC[C@H](Cc3nc4cc(C(=O)N5CCn6ccnc6C5)ccc4s3)C2)nc1. The summed E-state index contributed by atoms with van der Waals surface area (Å²) in [6.07, 6.45) is 15.3. The lowest BCUT2D eigenvalue weighted by Gasteiger charge is -2.27. The van der Waals surface area contributed by atoms with Crippen molar-refractivity contribution < 1.29 is 4.79 Å². The van der Waals surface area contributed by atoms with Crippen molar-refractivity contribution in [1.29, 1.82) is 0 Å². The number of aromatic nitrogens is 5. The maximum absolute atomic E-state index is 13.1. The normalized spacial score (nSPS) is 19.9. The molecule has 1 aliphatic carbocycles. The fourth-order valence-corrected chi connectivity index (χ4v) is 6.71. The van der Waals surface area contributed by atoms with E-state index in [1.807, 2.05) is 41.9 Å². The first-order valence-electron chi connectivity index (χ1n) is 12.2. The number of nitrogens with zero attached hydrogens (tertiary/aromatic N) is 6. The molecule has 4 heterocycles. The number of rotatable bonds is 6. The third-order valence-corrected chi connectivity index (χ3v) is 8.95. The average molecular weight is 505 g/mol. The number of imidazole rings is 1. The Morgan fingerprint density at radius 1 is 1.11 bits per heavy atom. The van der Waals surface area contributed by atoms with Crippen LogP contribution in [0, 0.1) is 11.8 Å². The lowest BCUT2D eigenvalue weighted by Crippen LogP contribution is -2.38. The van der Waals surface area contributed by atoms with E-state index in [2.05, 4.69) is 25.6 Å². The van der Waals surface area contributed by atoms with Gasteiger partial charge in [-0.1, -0.05) is 0 Å². The zero-order valence-electron chi connectivity index (χ0n) is 19.8. The quantitative estimate of drug-likeness (QED) is 0.349. The molecule has 6 rings (SSSR count). The van der Waals surface area contributed by atoms with Gasteiger partial charge in [-0.25, -0.2) is 19.9 Å². The third-order valence-electron chi connectivity index (χ3n) is 7.21. The molecule has 7 nitrogen and oxygen atoms in total. The molecule has 0 spiro atoms. The molecule has 0 bridgehead atoms. The van der Waals surface area contributed by atoms with Crippen molar-refractivity contribution in [2.45, 2.75) is 50.1 Å². The standard InChI is InChI=1S/C26H28N6OS2/c1-34-20-14-28-23(29-15-20)11-17-2-3-18(10-17)12-25-30-21-13-19(4-5-22(21)35-25)26(33)32-9-8-31-7-6-27-24(31)16-32/h4-7,13-15,17-18H,2-3,8-12,16H2,1H3/t17-,18-/m0/s1. The first kappa shape index (κ1) is 22.7. The average Bonchev–Trinajstić information content (AvgIpc) is 3.62. The number of fused-ring (bicyclic) bond motifs is 2. The van der Waals surface area contributed by atoms with Gasteiger partial charge < -0.3 is 9.47 Å². The Morgan fingerprint density at radius 3 is 2.77 bits per heavy atom. The number of thiazole rings is 1. The summed E-state index contributed by atoms with van der Waals surface area (Å²) in [7, 11) is 0. The van der Waals surface area contributed by atoms with Crippen LogP contribution in [0.1, 0.15) is 46.3 Å². The highest BCUT2D eigenvalue weighted by Crippen LogP contribution is 2.36. The molecule has 0 radical (unpaired) electrons. The Kier molecular flexibility index (Phi) is 6.28. The van der Waals surface area contributed by atoms with Gasteiger partial charge in [0.05, 0.1) is 21.8 Å². The summed E-state index contributed by atoms with van der Waals surface area (Å²) in [5, 5.41) is 1.18. The number of carbonyl (C=O) groups is 1. The zero-order valence-corrected chi connectivity index (χ0v) is 21.4. The van der Waals surface area contributed by atoms with Crippen molar-refractivity contribution >= 4 is 39.2 Å². The summed E-state index contributed by atoms with van der Waals surface area (Å²) in [5.74, 6) is 3.27. The van der Waals surface area contributed by atoms with Crippen LogP contribution in [0.3, 0.4) is 0 Å². The van der Waals surface area contributed by atoms with Crippen LogP contribution in [0.15, 0.2) is 47.9 Å². The van der Waals surface area contributed by atoms with E-state index in [1.54, 1.807) is 29.3 Å². The summed E-state index contributed by atoms with van der Waals surface area (Å²) >= 11 is 3.44. The number of hydrogen-bond donors (Lipinski definition) is 0. The van der Waals surface area contributed by atoms with E-state index in [1.165, 1.54) is 24.3 Å². The maximum Gasteiger partial charge on any atom is 0.254 e.